The zero-order chi connectivity index (χ0) is 18.5. The number of nitrogens with zero attached hydrogens (tertiary/aromatic N) is 3. The highest BCUT2D eigenvalue weighted by molar-refractivity contribution is 7.09. The minimum absolute atomic E-state index is 0.0993. The second-order valence-corrected chi connectivity index (χ2v) is 7.60. The molecule has 0 saturated carbocycles. The topological polar surface area (TPSA) is 75.2 Å². The van der Waals surface area contributed by atoms with E-state index in [0.717, 1.165) is 23.5 Å². The molecule has 2 aromatic heterocycles. The number of aryl methyl sites for hydroxylation is 1. The molecule has 1 N–H and O–H groups in total. The highest BCUT2D eigenvalue weighted by Crippen LogP contribution is 2.19. The summed E-state index contributed by atoms with van der Waals surface area (Å²) in [4.78, 5) is 34.9. The fraction of sp³-hybridized carbons (Fsp3) is 0.333. The van der Waals surface area contributed by atoms with Gasteiger partial charge in [-0.1, -0.05) is 11.6 Å². The summed E-state index contributed by atoms with van der Waals surface area (Å²) in [5.74, 6) is -0.0176. The Bertz CT molecular complexity index is 819. The Labute approximate surface area is 160 Å². The monoisotopic (exact) mass is 390 g/mol. The number of pyridine rings is 1. The van der Waals surface area contributed by atoms with Crippen LogP contribution in [0.1, 0.15) is 23.5 Å². The lowest BCUT2D eigenvalue weighted by Crippen LogP contribution is -2.43. The Morgan fingerprint density at radius 2 is 2.27 bits per heavy atom. The smallest absolute Gasteiger partial charge is 0.246 e. The van der Waals surface area contributed by atoms with Gasteiger partial charge in [0.25, 0.3) is 0 Å². The summed E-state index contributed by atoms with van der Waals surface area (Å²) in [6.07, 6.45) is 6.27. The molecule has 136 valence electrons. The van der Waals surface area contributed by atoms with Crippen LogP contribution in [-0.4, -0.2) is 39.8 Å². The maximum Gasteiger partial charge on any atom is 0.246 e. The molecule has 3 heterocycles. The van der Waals surface area contributed by atoms with Crippen molar-refractivity contribution in [2.24, 2.45) is 5.92 Å². The van der Waals surface area contributed by atoms with Gasteiger partial charge >= 0.3 is 0 Å². The average Bonchev–Trinajstić information content (AvgIpc) is 3.07. The number of likely N-dealkylation sites (tertiary alicyclic amines) is 1. The summed E-state index contributed by atoms with van der Waals surface area (Å²) in [5.41, 5.74) is 0.779. The fourth-order valence-corrected chi connectivity index (χ4v) is 3.48. The van der Waals surface area contributed by atoms with Gasteiger partial charge in [0, 0.05) is 30.7 Å². The van der Waals surface area contributed by atoms with Crippen molar-refractivity contribution in [3.05, 3.63) is 45.5 Å². The molecule has 1 fully saturated rings. The van der Waals surface area contributed by atoms with Crippen LogP contribution in [-0.2, 0) is 9.59 Å². The number of amides is 2. The first-order chi connectivity index (χ1) is 12.5. The molecule has 1 aliphatic heterocycles. The summed E-state index contributed by atoms with van der Waals surface area (Å²) >= 11 is 7.34. The third kappa shape index (κ3) is 4.89. The van der Waals surface area contributed by atoms with Crippen molar-refractivity contribution >= 4 is 46.6 Å². The van der Waals surface area contributed by atoms with Crippen molar-refractivity contribution in [3.8, 4) is 0 Å². The van der Waals surface area contributed by atoms with Crippen LogP contribution >= 0.6 is 22.9 Å². The van der Waals surface area contributed by atoms with E-state index in [1.165, 1.54) is 12.3 Å². The van der Waals surface area contributed by atoms with E-state index in [4.69, 9.17) is 11.6 Å². The largest absolute Gasteiger partial charge is 0.338 e. The number of carbonyl (C=O) groups is 2. The Hall–Kier alpha value is -2.25. The first-order valence-corrected chi connectivity index (χ1v) is 9.58. The van der Waals surface area contributed by atoms with E-state index >= 15 is 0 Å². The first kappa shape index (κ1) is 18.5. The molecule has 0 spiro atoms. The lowest BCUT2D eigenvalue weighted by molar-refractivity contribution is -0.130. The Morgan fingerprint density at radius 3 is 2.96 bits per heavy atom. The molecule has 0 aromatic carbocycles. The second kappa shape index (κ2) is 8.42. The van der Waals surface area contributed by atoms with E-state index in [9.17, 15) is 9.59 Å². The van der Waals surface area contributed by atoms with Crippen LogP contribution in [0.25, 0.3) is 6.08 Å². The molecule has 1 atom stereocenters. The van der Waals surface area contributed by atoms with Crippen molar-refractivity contribution in [1.82, 2.24) is 14.9 Å². The number of nitrogens with one attached hydrogen (secondary N) is 1. The lowest BCUT2D eigenvalue weighted by Gasteiger charge is -2.31. The Kier molecular flexibility index (Phi) is 6.00. The number of thiazole rings is 1. The first-order valence-electron chi connectivity index (χ1n) is 8.33. The predicted octanol–water partition coefficient (Wildman–Crippen LogP) is 3.39. The van der Waals surface area contributed by atoms with Crippen molar-refractivity contribution in [3.63, 3.8) is 0 Å². The molecule has 26 heavy (non-hydrogen) atoms. The number of piperidine rings is 1. The van der Waals surface area contributed by atoms with Crippen molar-refractivity contribution in [2.45, 2.75) is 19.8 Å². The quantitative estimate of drug-likeness (QED) is 0.812. The van der Waals surface area contributed by atoms with Gasteiger partial charge in [-0.3, -0.25) is 9.59 Å². The van der Waals surface area contributed by atoms with Gasteiger partial charge in [-0.2, -0.15) is 0 Å². The van der Waals surface area contributed by atoms with Gasteiger partial charge in [0.15, 0.2) is 0 Å². The number of aromatic nitrogens is 2. The van der Waals surface area contributed by atoms with Crippen LogP contribution in [0.3, 0.4) is 0 Å². The third-order valence-corrected chi connectivity index (χ3v) is 5.13. The number of carbonyl (C=O) groups excluding carboxylic acids is 2. The normalized spacial score (nSPS) is 17.5. The fourth-order valence-electron chi connectivity index (χ4n) is 2.79. The second-order valence-electron chi connectivity index (χ2n) is 6.10. The van der Waals surface area contributed by atoms with Gasteiger partial charge in [0.1, 0.15) is 5.82 Å². The molecule has 0 bridgehead atoms. The van der Waals surface area contributed by atoms with Crippen LogP contribution in [0.2, 0.25) is 5.02 Å². The molecule has 1 unspecified atom stereocenters. The predicted molar refractivity (Wildman–Crippen MR) is 103 cm³/mol. The molecular formula is C18H19ClN4O2S. The summed E-state index contributed by atoms with van der Waals surface area (Å²) in [6.45, 7) is 2.98. The molecule has 2 amide bonds. The molecule has 2 aromatic rings. The highest BCUT2D eigenvalue weighted by atomic mass is 35.5. The molecule has 6 nitrogen and oxygen atoms in total. The molecular weight excluding hydrogens is 372 g/mol. The van der Waals surface area contributed by atoms with Gasteiger partial charge in [-0.05, 0) is 38.0 Å². The minimum atomic E-state index is -0.250. The molecule has 0 radical (unpaired) electrons. The standard InChI is InChI=1S/C18H19ClN4O2S/c1-12-21-15(11-26-12)5-7-17(24)23-8-2-3-13(10-23)18(25)22-16-6-4-14(19)9-20-16/h4-7,9,11,13H,2-3,8,10H2,1H3,(H,20,22,25)/b7-5+. The number of rotatable bonds is 4. The maximum atomic E-state index is 12.5. The summed E-state index contributed by atoms with van der Waals surface area (Å²) in [7, 11) is 0. The van der Waals surface area contributed by atoms with E-state index in [0.29, 0.717) is 23.9 Å². The van der Waals surface area contributed by atoms with Crippen LogP contribution in [0.5, 0.6) is 0 Å². The van der Waals surface area contributed by atoms with E-state index in [1.807, 2.05) is 12.3 Å². The van der Waals surface area contributed by atoms with Crippen LogP contribution < -0.4 is 5.32 Å². The summed E-state index contributed by atoms with van der Waals surface area (Å²) < 4.78 is 0. The van der Waals surface area contributed by atoms with E-state index in [-0.39, 0.29) is 17.7 Å². The van der Waals surface area contributed by atoms with E-state index in [1.54, 1.807) is 34.4 Å². The molecule has 8 heteroatoms. The molecule has 1 saturated heterocycles. The van der Waals surface area contributed by atoms with Crippen LogP contribution in [0.15, 0.2) is 29.8 Å². The van der Waals surface area contributed by atoms with Gasteiger partial charge in [0.2, 0.25) is 11.8 Å². The maximum absolute atomic E-state index is 12.5. The molecule has 1 aliphatic rings. The van der Waals surface area contributed by atoms with Gasteiger partial charge in [-0.25, -0.2) is 9.97 Å². The van der Waals surface area contributed by atoms with E-state index in [2.05, 4.69) is 15.3 Å². The Balaban J connectivity index is 1.57. The number of hydrogen-bond acceptors (Lipinski definition) is 5. The SMILES string of the molecule is Cc1nc(/C=C/C(=O)N2CCCC(C(=O)Nc3ccc(Cl)cn3)C2)cs1. The van der Waals surface area contributed by atoms with Crippen LogP contribution in [0, 0.1) is 12.8 Å². The summed E-state index contributed by atoms with van der Waals surface area (Å²) in [5, 5.41) is 6.17. The van der Waals surface area contributed by atoms with Gasteiger partial charge in [-0.15, -0.1) is 11.3 Å². The number of halogens is 1. The van der Waals surface area contributed by atoms with Gasteiger partial charge in [0.05, 0.1) is 21.6 Å². The zero-order valence-corrected chi connectivity index (χ0v) is 15.9. The number of anilines is 1. The molecule has 3 rings (SSSR count). The van der Waals surface area contributed by atoms with Crippen molar-refractivity contribution < 1.29 is 9.59 Å². The Morgan fingerprint density at radius 1 is 1.42 bits per heavy atom. The summed E-state index contributed by atoms with van der Waals surface area (Å²) in [6, 6.07) is 3.33. The molecule has 0 aliphatic carbocycles. The van der Waals surface area contributed by atoms with Crippen LogP contribution in [0.4, 0.5) is 5.82 Å². The van der Waals surface area contributed by atoms with E-state index < -0.39 is 0 Å². The van der Waals surface area contributed by atoms with Crippen molar-refractivity contribution in [2.75, 3.05) is 18.4 Å². The average molecular weight is 391 g/mol. The van der Waals surface area contributed by atoms with Crippen molar-refractivity contribution in [1.29, 1.82) is 0 Å². The minimum Gasteiger partial charge on any atom is -0.338 e. The third-order valence-electron chi connectivity index (χ3n) is 4.12. The van der Waals surface area contributed by atoms with Gasteiger partial charge < -0.3 is 10.2 Å². The lowest BCUT2D eigenvalue weighted by atomic mass is 9.97. The number of hydrogen-bond donors (Lipinski definition) is 1. The zero-order valence-electron chi connectivity index (χ0n) is 14.3. The highest BCUT2D eigenvalue weighted by Gasteiger charge is 2.27.